The van der Waals surface area contributed by atoms with Crippen molar-refractivity contribution in [3.63, 3.8) is 0 Å². The first-order valence-electron chi connectivity index (χ1n) is 12.1. The molecule has 1 amide bonds. The van der Waals surface area contributed by atoms with Gasteiger partial charge in [0, 0.05) is 25.2 Å². The molecule has 2 aromatic heterocycles. The second-order valence-electron chi connectivity index (χ2n) is 8.92. The quantitative estimate of drug-likeness (QED) is 0.579. The molecule has 1 fully saturated rings. The van der Waals surface area contributed by atoms with Crippen LogP contribution in [-0.2, 0) is 11.3 Å². The Morgan fingerprint density at radius 3 is 2.86 bits per heavy atom. The van der Waals surface area contributed by atoms with Gasteiger partial charge < -0.3 is 15.0 Å². The van der Waals surface area contributed by atoms with Crippen LogP contribution in [-0.4, -0.2) is 47.1 Å². The largest absolute Gasteiger partial charge is 0.373 e. The fraction of sp³-hybridized carbons (Fsp3) is 0.286. The van der Waals surface area contributed by atoms with Gasteiger partial charge in [0.2, 0.25) is 0 Å². The number of ether oxygens (including phenoxy) is 1. The van der Waals surface area contributed by atoms with Crippen LogP contribution in [0.1, 0.15) is 41.0 Å². The van der Waals surface area contributed by atoms with E-state index in [4.69, 9.17) is 14.7 Å². The first kappa shape index (κ1) is 23.8. The predicted octanol–water partition coefficient (Wildman–Crippen LogP) is 2.86. The summed E-state index contributed by atoms with van der Waals surface area (Å²) in [5.74, 6) is 0.651. The standard InChI is InChI=1S/C28H28FN5O2/c1-3-23-25(32-26(15-30-23)24-6-4-7-27(33-24)34-10-5-11-34)12-18(2)14-31-28(35)19-8-9-20-16-36-17-22(29)21(20)13-19/h3-4,6-9,12-13,15,22H,2,5,10-11,14,16-17H2,1H3,(H,31,35)/b23-3+,25-12+. The molecule has 184 valence electrons. The van der Waals surface area contributed by atoms with Crippen LogP contribution in [0.25, 0.3) is 23.5 Å². The number of carbonyl (C=O) groups is 1. The average Bonchev–Trinajstić information content (AvgIpc) is 2.86. The highest BCUT2D eigenvalue weighted by atomic mass is 19.1. The number of benzene rings is 1. The van der Waals surface area contributed by atoms with Crippen molar-refractivity contribution in [2.75, 3.05) is 31.1 Å². The van der Waals surface area contributed by atoms with Gasteiger partial charge in [0.15, 0.2) is 0 Å². The van der Waals surface area contributed by atoms with E-state index in [1.54, 1.807) is 24.4 Å². The lowest BCUT2D eigenvalue weighted by atomic mass is 9.99. The molecule has 2 aliphatic rings. The minimum absolute atomic E-state index is 0.0127. The molecule has 0 aliphatic carbocycles. The predicted molar refractivity (Wildman–Crippen MR) is 137 cm³/mol. The molecule has 7 nitrogen and oxygen atoms in total. The summed E-state index contributed by atoms with van der Waals surface area (Å²) in [6.45, 7) is 8.60. The molecule has 36 heavy (non-hydrogen) atoms. The molecule has 4 heterocycles. The van der Waals surface area contributed by atoms with E-state index in [-0.39, 0.29) is 19.1 Å². The molecule has 1 N–H and O–H groups in total. The average molecular weight is 486 g/mol. The van der Waals surface area contributed by atoms with Crippen molar-refractivity contribution in [2.45, 2.75) is 26.1 Å². The van der Waals surface area contributed by atoms with Gasteiger partial charge in [-0.25, -0.2) is 14.4 Å². The summed E-state index contributed by atoms with van der Waals surface area (Å²) in [7, 11) is 0. The third-order valence-electron chi connectivity index (χ3n) is 6.36. The van der Waals surface area contributed by atoms with Crippen molar-refractivity contribution in [3.8, 4) is 11.4 Å². The van der Waals surface area contributed by atoms with Gasteiger partial charge in [0.1, 0.15) is 17.7 Å². The third-order valence-corrected chi connectivity index (χ3v) is 6.36. The van der Waals surface area contributed by atoms with Crippen molar-refractivity contribution >= 4 is 23.9 Å². The Balaban J connectivity index is 1.32. The molecule has 1 unspecified atom stereocenters. The van der Waals surface area contributed by atoms with Crippen molar-refractivity contribution in [3.05, 3.63) is 82.1 Å². The van der Waals surface area contributed by atoms with Crippen molar-refractivity contribution in [1.82, 2.24) is 20.3 Å². The molecule has 0 radical (unpaired) electrons. The lowest BCUT2D eigenvalue weighted by Gasteiger charge is -2.32. The van der Waals surface area contributed by atoms with Gasteiger partial charge in [0.05, 0.1) is 35.8 Å². The number of carbonyl (C=O) groups excluding carboxylic acids is 1. The number of pyridine rings is 1. The van der Waals surface area contributed by atoms with Gasteiger partial charge in [-0.1, -0.05) is 24.8 Å². The zero-order chi connectivity index (χ0) is 25.1. The number of amides is 1. The Bertz CT molecular complexity index is 1430. The third kappa shape index (κ3) is 5.04. The molecular weight excluding hydrogens is 457 g/mol. The lowest BCUT2D eigenvalue weighted by molar-refractivity contribution is 0.0512. The SMILES string of the molecule is C=C(/C=c1/nc(-c2cccc(N3CCC3)n2)cn/c1=C/C)CNC(=O)c1ccc2c(c1)C(F)COC2. The minimum atomic E-state index is -1.22. The summed E-state index contributed by atoms with van der Waals surface area (Å²) >= 11 is 0. The number of anilines is 1. The fourth-order valence-electron chi connectivity index (χ4n) is 4.21. The Hall–Kier alpha value is -3.91. The number of aromatic nitrogens is 3. The Kier molecular flexibility index (Phi) is 6.86. The minimum Gasteiger partial charge on any atom is -0.373 e. The van der Waals surface area contributed by atoms with E-state index < -0.39 is 6.17 Å². The van der Waals surface area contributed by atoms with Crippen LogP contribution in [0.5, 0.6) is 0 Å². The van der Waals surface area contributed by atoms with E-state index in [2.05, 4.69) is 21.8 Å². The molecule has 1 aromatic carbocycles. The van der Waals surface area contributed by atoms with Crippen molar-refractivity contribution in [2.24, 2.45) is 0 Å². The number of halogens is 1. The van der Waals surface area contributed by atoms with E-state index in [1.807, 2.05) is 37.3 Å². The molecule has 0 spiro atoms. The van der Waals surface area contributed by atoms with Crippen LogP contribution >= 0.6 is 0 Å². The van der Waals surface area contributed by atoms with Crippen LogP contribution in [0.2, 0.25) is 0 Å². The molecule has 0 bridgehead atoms. The van der Waals surface area contributed by atoms with Crippen LogP contribution in [0.3, 0.4) is 0 Å². The maximum absolute atomic E-state index is 14.2. The first-order valence-corrected chi connectivity index (χ1v) is 12.1. The van der Waals surface area contributed by atoms with E-state index in [1.165, 1.54) is 6.42 Å². The topological polar surface area (TPSA) is 80.2 Å². The summed E-state index contributed by atoms with van der Waals surface area (Å²) in [5, 5.41) is 4.23. The second kappa shape index (κ2) is 10.4. The van der Waals surface area contributed by atoms with Crippen molar-refractivity contribution in [1.29, 1.82) is 0 Å². The van der Waals surface area contributed by atoms with Gasteiger partial charge >= 0.3 is 0 Å². The number of hydrogen-bond acceptors (Lipinski definition) is 6. The maximum atomic E-state index is 14.2. The molecule has 1 saturated heterocycles. The van der Waals surface area contributed by atoms with Crippen LogP contribution in [0, 0.1) is 0 Å². The molecule has 3 aromatic rings. The van der Waals surface area contributed by atoms with Crippen LogP contribution < -0.4 is 20.9 Å². The Morgan fingerprint density at radius 1 is 1.22 bits per heavy atom. The van der Waals surface area contributed by atoms with Gasteiger partial charge in [-0.2, -0.15) is 0 Å². The van der Waals surface area contributed by atoms with E-state index in [0.29, 0.717) is 34.3 Å². The van der Waals surface area contributed by atoms with E-state index in [0.717, 1.165) is 35.5 Å². The molecular formula is C28H28FN5O2. The smallest absolute Gasteiger partial charge is 0.251 e. The zero-order valence-corrected chi connectivity index (χ0v) is 20.2. The first-order chi connectivity index (χ1) is 17.5. The monoisotopic (exact) mass is 485 g/mol. The summed E-state index contributed by atoms with van der Waals surface area (Å²) < 4.78 is 19.4. The number of alkyl halides is 1. The summed E-state index contributed by atoms with van der Waals surface area (Å²) in [6, 6.07) is 10.9. The molecule has 5 rings (SSSR count). The molecule has 0 saturated carbocycles. The lowest BCUT2D eigenvalue weighted by Crippen LogP contribution is -2.37. The van der Waals surface area contributed by atoms with Crippen molar-refractivity contribution < 1.29 is 13.9 Å². The van der Waals surface area contributed by atoms with Gasteiger partial charge in [-0.3, -0.25) is 9.78 Å². The number of hydrogen-bond donors (Lipinski definition) is 1. The fourth-order valence-corrected chi connectivity index (χ4v) is 4.21. The normalized spacial score (nSPS) is 17.9. The highest BCUT2D eigenvalue weighted by Crippen LogP contribution is 2.28. The molecule has 8 heteroatoms. The van der Waals surface area contributed by atoms with Gasteiger partial charge in [-0.05, 0) is 60.4 Å². The Morgan fingerprint density at radius 2 is 2.08 bits per heavy atom. The highest BCUT2D eigenvalue weighted by molar-refractivity contribution is 5.94. The summed E-state index contributed by atoms with van der Waals surface area (Å²) in [5.41, 5.74) is 3.78. The van der Waals surface area contributed by atoms with Crippen LogP contribution in [0.15, 0.2) is 54.7 Å². The number of nitrogens with one attached hydrogen (secondary N) is 1. The van der Waals surface area contributed by atoms with Gasteiger partial charge in [0.25, 0.3) is 5.91 Å². The van der Waals surface area contributed by atoms with Crippen LogP contribution in [0.4, 0.5) is 10.2 Å². The zero-order valence-electron chi connectivity index (χ0n) is 20.2. The highest BCUT2D eigenvalue weighted by Gasteiger charge is 2.21. The summed E-state index contributed by atoms with van der Waals surface area (Å²) in [6.07, 6.45) is 5.37. The number of fused-ring (bicyclic) bond motifs is 1. The Labute approximate surface area is 209 Å². The molecule has 1 atom stereocenters. The molecule has 2 aliphatic heterocycles. The number of nitrogens with zero attached hydrogens (tertiary/aromatic N) is 4. The summed E-state index contributed by atoms with van der Waals surface area (Å²) in [4.78, 5) is 29.0. The maximum Gasteiger partial charge on any atom is 0.251 e. The van der Waals surface area contributed by atoms with E-state index >= 15 is 0 Å². The van der Waals surface area contributed by atoms with E-state index in [9.17, 15) is 9.18 Å². The second-order valence-corrected chi connectivity index (χ2v) is 8.92. The van der Waals surface area contributed by atoms with Gasteiger partial charge in [-0.15, -0.1) is 0 Å². The number of rotatable bonds is 6.